The van der Waals surface area contributed by atoms with Crippen LogP contribution in [0.25, 0.3) is 0 Å². The van der Waals surface area contributed by atoms with Crippen LogP contribution in [0.4, 0.5) is 4.39 Å². The fourth-order valence-electron chi connectivity index (χ4n) is 2.59. The van der Waals surface area contributed by atoms with E-state index in [2.05, 4.69) is 10.1 Å². The van der Waals surface area contributed by atoms with Crippen LogP contribution in [-0.4, -0.2) is 49.0 Å². The number of rotatable bonds is 4. The molecule has 0 bridgehead atoms. The minimum Gasteiger partial charge on any atom is -0.360 e. The highest BCUT2D eigenvalue weighted by atomic mass is 32.2. The number of hydrogen-bond donors (Lipinski definition) is 0. The highest BCUT2D eigenvalue weighted by molar-refractivity contribution is 7.89. The topological polar surface area (TPSA) is 66.7 Å². The minimum absolute atomic E-state index is 0.123. The summed E-state index contributed by atoms with van der Waals surface area (Å²) in [6.45, 7) is 4.49. The Morgan fingerprint density at radius 1 is 1.17 bits per heavy atom. The summed E-state index contributed by atoms with van der Waals surface area (Å²) in [5.41, 5.74) is 0.831. The van der Waals surface area contributed by atoms with Crippen molar-refractivity contribution in [2.24, 2.45) is 0 Å². The molecule has 0 unspecified atom stereocenters. The molecule has 0 N–H and O–H groups in total. The lowest BCUT2D eigenvalue weighted by Crippen LogP contribution is -2.48. The van der Waals surface area contributed by atoms with E-state index in [1.54, 1.807) is 0 Å². The van der Waals surface area contributed by atoms with Gasteiger partial charge in [-0.25, -0.2) is 12.8 Å². The SMILES string of the molecule is Cc1cc(CN2CCN(S(=O)(=O)c3ccc(F)cc3)CC2)on1. The quantitative estimate of drug-likeness (QED) is 0.847. The average molecular weight is 339 g/mol. The summed E-state index contributed by atoms with van der Waals surface area (Å²) in [4.78, 5) is 2.25. The predicted molar refractivity (Wildman–Crippen MR) is 81.7 cm³/mol. The third kappa shape index (κ3) is 3.60. The van der Waals surface area contributed by atoms with Gasteiger partial charge in [-0.05, 0) is 31.2 Å². The van der Waals surface area contributed by atoms with Crippen molar-refractivity contribution in [2.75, 3.05) is 26.2 Å². The lowest BCUT2D eigenvalue weighted by atomic mass is 10.3. The Morgan fingerprint density at radius 3 is 2.39 bits per heavy atom. The van der Waals surface area contributed by atoms with E-state index in [-0.39, 0.29) is 4.90 Å². The molecule has 2 heterocycles. The second-order valence-electron chi connectivity index (χ2n) is 5.57. The Bertz CT molecular complexity index is 766. The second kappa shape index (κ2) is 6.38. The van der Waals surface area contributed by atoms with Crippen LogP contribution >= 0.6 is 0 Å². The number of aromatic nitrogens is 1. The summed E-state index contributed by atoms with van der Waals surface area (Å²) in [7, 11) is -3.57. The van der Waals surface area contributed by atoms with Gasteiger partial charge in [0.05, 0.1) is 17.1 Å². The molecule has 0 atom stereocenters. The second-order valence-corrected chi connectivity index (χ2v) is 7.51. The number of nitrogens with zero attached hydrogens (tertiary/aromatic N) is 3. The van der Waals surface area contributed by atoms with E-state index >= 15 is 0 Å². The molecule has 1 aromatic carbocycles. The van der Waals surface area contributed by atoms with Crippen molar-refractivity contribution < 1.29 is 17.3 Å². The Kier molecular flexibility index (Phi) is 4.47. The molecule has 1 aliphatic rings. The maximum Gasteiger partial charge on any atom is 0.243 e. The van der Waals surface area contributed by atoms with Gasteiger partial charge in [-0.1, -0.05) is 5.16 Å². The van der Waals surface area contributed by atoms with E-state index in [4.69, 9.17) is 4.52 Å². The molecule has 1 aliphatic heterocycles. The largest absolute Gasteiger partial charge is 0.360 e. The molecular weight excluding hydrogens is 321 g/mol. The van der Waals surface area contributed by atoms with Gasteiger partial charge in [0.1, 0.15) is 5.82 Å². The first-order chi connectivity index (χ1) is 10.9. The summed E-state index contributed by atoms with van der Waals surface area (Å²) in [6, 6.07) is 6.80. The first-order valence-corrected chi connectivity index (χ1v) is 8.79. The van der Waals surface area contributed by atoms with Crippen LogP contribution in [0.3, 0.4) is 0 Å². The van der Waals surface area contributed by atoms with Crippen LogP contribution in [0.5, 0.6) is 0 Å². The van der Waals surface area contributed by atoms with Crippen LogP contribution in [0.15, 0.2) is 39.8 Å². The summed E-state index contributed by atoms with van der Waals surface area (Å²) in [6.07, 6.45) is 0. The first kappa shape index (κ1) is 16.1. The van der Waals surface area contributed by atoms with Gasteiger partial charge in [-0.3, -0.25) is 4.90 Å². The van der Waals surface area contributed by atoms with Crippen molar-refractivity contribution in [3.05, 3.63) is 47.6 Å². The normalized spacial score (nSPS) is 17.5. The molecule has 0 aliphatic carbocycles. The highest BCUT2D eigenvalue weighted by Crippen LogP contribution is 2.19. The summed E-state index contributed by atoms with van der Waals surface area (Å²) in [5, 5.41) is 3.84. The van der Waals surface area contributed by atoms with Crippen molar-refractivity contribution in [2.45, 2.75) is 18.4 Å². The number of sulfonamides is 1. The summed E-state index contributed by atoms with van der Waals surface area (Å²) in [5.74, 6) is 0.327. The Morgan fingerprint density at radius 2 is 1.83 bits per heavy atom. The van der Waals surface area contributed by atoms with E-state index < -0.39 is 15.8 Å². The van der Waals surface area contributed by atoms with Crippen molar-refractivity contribution in [3.63, 3.8) is 0 Å². The van der Waals surface area contributed by atoms with Gasteiger partial charge in [0, 0.05) is 32.2 Å². The monoisotopic (exact) mass is 339 g/mol. The van der Waals surface area contributed by atoms with E-state index in [9.17, 15) is 12.8 Å². The standard InChI is InChI=1S/C15H18FN3O3S/c1-12-10-14(22-17-12)11-18-6-8-19(9-7-18)23(20,21)15-4-2-13(16)3-5-15/h2-5,10H,6-9,11H2,1H3. The molecule has 0 radical (unpaired) electrons. The molecule has 3 rings (SSSR count). The van der Waals surface area contributed by atoms with Gasteiger partial charge in [-0.15, -0.1) is 0 Å². The predicted octanol–water partition coefficient (Wildman–Crippen LogP) is 1.63. The van der Waals surface area contributed by atoms with Gasteiger partial charge < -0.3 is 4.52 Å². The molecule has 0 amide bonds. The van der Waals surface area contributed by atoms with Gasteiger partial charge >= 0.3 is 0 Å². The number of hydrogen-bond acceptors (Lipinski definition) is 5. The third-order valence-corrected chi connectivity index (χ3v) is 5.75. The zero-order valence-electron chi connectivity index (χ0n) is 12.8. The van der Waals surface area contributed by atoms with Crippen molar-refractivity contribution in [1.29, 1.82) is 0 Å². The number of aryl methyl sites for hydroxylation is 1. The molecule has 6 nitrogen and oxygen atoms in total. The van der Waals surface area contributed by atoms with Crippen molar-refractivity contribution >= 4 is 10.0 Å². The molecule has 1 saturated heterocycles. The van der Waals surface area contributed by atoms with E-state index in [1.165, 1.54) is 16.4 Å². The van der Waals surface area contributed by atoms with Crippen molar-refractivity contribution in [3.8, 4) is 0 Å². The first-order valence-electron chi connectivity index (χ1n) is 7.35. The fraction of sp³-hybridized carbons (Fsp3) is 0.400. The zero-order valence-corrected chi connectivity index (χ0v) is 13.6. The average Bonchev–Trinajstić information content (AvgIpc) is 2.93. The van der Waals surface area contributed by atoms with E-state index in [0.717, 1.165) is 23.6 Å². The molecule has 1 fully saturated rings. The van der Waals surface area contributed by atoms with Crippen LogP contribution in [0.2, 0.25) is 0 Å². The van der Waals surface area contributed by atoms with Gasteiger partial charge in [0.25, 0.3) is 0 Å². The van der Waals surface area contributed by atoms with E-state index in [0.29, 0.717) is 32.7 Å². The molecule has 2 aromatic rings. The lowest BCUT2D eigenvalue weighted by molar-refractivity contribution is 0.166. The minimum atomic E-state index is -3.57. The van der Waals surface area contributed by atoms with Gasteiger partial charge in [0.2, 0.25) is 10.0 Å². The molecule has 8 heteroatoms. The maximum absolute atomic E-state index is 12.9. The van der Waals surface area contributed by atoms with Crippen LogP contribution in [0.1, 0.15) is 11.5 Å². The van der Waals surface area contributed by atoms with E-state index in [1.807, 2.05) is 13.0 Å². The smallest absolute Gasteiger partial charge is 0.243 e. The molecule has 23 heavy (non-hydrogen) atoms. The molecule has 1 aromatic heterocycles. The molecular formula is C15H18FN3O3S. The molecule has 0 saturated carbocycles. The van der Waals surface area contributed by atoms with Gasteiger partial charge in [-0.2, -0.15) is 4.31 Å². The highest BCUT2D eigenvalue weighted by Gasteiger charge is 2.28. The third-order valence-electron chi connectivity index (χ3n) is 3.84. The van der Waals surface area contributed by atoms with Crippen molar-refractivity contribution in [1.82, 2.24) is 14.4 Å². The van der Waals surface area contributed by atoms with Gasteiger partial charge in [0.15, 0.2) is 5.76 Å². The Balaban J connectivity index is 1.62. The fourth-order valence-corrected chi connectivity index (χ4v) is 4.02. The van der Waals surface area contributed by atoms with Crippen LogP contribution in [0, 0.1) is 12.7 Å². The zero-order chi connectivity index (χ0) is 16.4. The van der Waals surface area contributed by atoms with Crippen LogP contribution < -0.4 is 0 Å². The lowest BCUT2D eigenvalue weighted by Gasteiger charge is -2.33. The number of piperazine rings is 1. The molecule has 124 valence electrons. The molecule has 0 spiro atoms. The Labute approximate surface area is 134 Å². The number of halogens is 1. The maximum atomic E-state index is 12.9. The number of benzene rings is 1. The Hall–Kier alpha value is -1.77. The van der Waals surface area contributed by atoms with Crippen LogP contribution in [-0.2, 0) is 16.6 Å². The summed E-state index contributed by atoms with van der Waals surface area (Å²) < 4.78 is 44.6. The summed E-state index contributed by atoms with van der Waals surface area (Å²) >= 11 is 0.